The van der Waals surface area contributed by atoms with Crippen molar-refractivity contribution in [2.45, 2.75) is 26.3 Å². The average molecular weight is 344 g/mol. The Hall–Kier alpha value is -1.79. The second kappa shape index (κ2) is 6.98. The number of nitrogens with zero attached hydrogens (tertiary/aromatic N) is 2. The van der Waals surface area contributed by atoms with Crippen LogP contribution in [0, 0.1) is 0 Å². The number of aromatic nitrogens is 2. The Morgan fingerprint density at radius 2 is 2.00 bits per heavy atom. The standard InChI is InChI=1S/C14H15Cl2N3O3/c1-7(2)14-19-18-10(22-14)6-17-13(20)11-8(15)4-5-9(16)12(11)21-3/h4-5,7H,6H2,1-3H3,(H,17,20). The Labute approximate surface area is 137 Å². The van der Waals surface area contributed by atoms with Crippen LogP contribution >= 0.6 is 23.2 Å². The van der Waals surface area contributed by atoms with E-state index < -0.39 is 5.91 Å². The van der Waals surface area contributed by atoms with Crippen LogP contribution in [0.15, 0.2) is 16.5 Å². The molecule has 0 saturated carbocycles. The molecule has 0 bridgehead atoms. The molecule has 0 unspecified atom stereocenters. The topological polar surface area (TPSA) is 77.2 Å². The number of benzene rings is 1. The smallest absolute Gasteiger partial charge is 0.257 e. The summed E-state index contributed by atoms with van der Waals surface area (Å²) in [6.45, 7) is 3.96. The van der Waals surface area contributed by atoms with Crippen LogP contribution in [0.5, 0.6) is 5.75 Å². The number of rotatable bonds is 5. The molecule has 0 aliphatic carbocycles. The fraction of sp³-hybridized carbons (Fsp3) is 0.357. The number of hydrogen-bond donors (Lipinski definition) is 1. The van der Waals surface area contributed by atoms with Gasteiger partial charge in [-0.2, -0.15) is 0 Å². The molecule has 118 valence electrons. The molecule has 0 saturated heterocycles. The van der Waals surface area contributed by atoms with Crippen LogP contribution in [-0.2, 0) is 6.54 Å². The number of carbonyl (C=O) groups excluding carboxylic acids is 1. The van der Waals surface area contributed by atoms with E-state index in [9.17, 15) is 4.79 Å². The summed E-state index contributed by atoms with van der Waals surface area (Å²) in [6, 6.07) is 3.09. The minimum atomic E-state index is -0.436. The maximum Gasteiger partial charge on any atom is 0.257 e. The minimum absolute atomic E-state index is 0.0878. The highest BCUT2D eigenvalue weighted by molar-refractivity contribution is 6.37. The lowest BCUT2D eigenvalue weighted by molar-refractivity contribution is 0.0944. The zero-order valence-electron chi connectivity index (χ0n) is 12.3. The molecule has 6 nitrogen and oxygen atoms in total. The fourth-order valence-corrected chi connectivity index (χ4v) is 2.23. The lowest BCUT2D eigenvalue weighted by Crippen LogP contribution is -2.24. The highest BCUT2D eigenvalue weighted by Crippen LogP contribution is 2.33. The summed E-state index contributed by atoms with van der Waals surface area (Å²) in [5.74, 6) is 0.741. The first-order chi connectivity index (χ1) is 10.4. The van der Waals surface area contributed by atoms with Gasteiger partial charge in [-0.15, -0.1) is 10.2 Å². The summed E-state index contributed by atoms with van der Waals surface area (Å²) in [5.41, 5.74) is 0.167. The third-order valence-electron chi connectivity index (χ3n) is 2.87. The molecule has 0 spiro atoms. The molecule has 0 fully saturated rings. The number of halogens is 2. The van der Waals surface area contributed by atoms with Crippen LogP contribution in [0.2, 0.25) is 10.0 Å². The van der Waals surface area contributed by atoms with E-state index in [1.165, 1.54) is 13.2 Å². The van der Waals surface area contributed by atoms with Gasteiger partial charge >= 0.3 is 0 Å². The molecule has 0 aliphatic rings. The third kappa shape index (κ3) is 3.51. The lowest BCUT2D eigenvalue weighted by Gasteiger charge is -2.11. The quantitative estimate of drug-likeness (QED) is 0.899. The SMILES string of the molecule is COc1c(Cl)ccc(Cl)c1C(=O)NCc1nnc(C(C)C)o1. The normalized spacial score (nSPS) is 10.8. The van der Waals surface area contributed by atoms with E-state index in [0.29, 0.717) is 16.8 Å². The summed E-state index contributed by atoms with van der Waals surface area (Å²) in [7, 11) is 1.42. The summed E-state index contributed by atoms with van der Waals surface area (Å²) in [5, 5.41) is 11.0. The lowest BCUT2D eigenvalue weighted by atomic mass is 10.2. The maximum atomic E-state index is 12.3. The van der Waals surface area contributed by atoms with Crippen molar-refractivity contribution in [2.24, 2.45) is 0 Å². The van der Waals surface area contributed by atoms with Crippen molar-refractivity contribution in [3.8, 4) is 5.75 Å². The number of nitrogens with one attached hydrogen (secondary N) is 1. The van der Waals surface area contributed by atoms with Crippen LogP contribution in [0.25, 0.3) is 0 Å². The zero-order valence-corrected chi connectivity index (χ0v) is 13.8. The third-order valence-corrected chi connectivity index (χ3v) is 3.48. The van der Waals surface area contributed by atoms with E-state index in [-0.39, 0.29) is 28.8 Å². The van der Waals surface area contributed by atoms with E-state index in [2.05, 4.69) is 15.5 Å². The molecule has 1 heterocycles. The number of methoxy groups -OCH3 is 1. The number of amides is 1. The van der Waals surface area contributed by atoms with E-state index in [1.54, 1.807) is 6.07 Å². The van der Waals surface area contributed by atoms with Gasteiger partial charge in [0, 0.05) is 5.92 Å². The predicted molar refractivity (Wildman–Crippen MR) is 82.6 cm³/mol. The Bertz CT molecular complexity index is 686. The van der Waals surface area contributed by atoms with Gasteiger partial charge in [-0.25, -0.2) is 0 Å². The van der Waals surface area contributed by atoms with Gasteiger partial charge in [-0.3, -0.25) is 4.79 Å². The van der Waals surface area contributed by atoms with Crippen molar-refractivity contribution in [3.63, 3.8) is 0 Å². The molecule has 8 heteroatoms. The molecule has 1 aromatic heterocycles. The molecule has 0 atom stereocenters. The Kier molecular flexibility index (Phi) is 5.26. The Morgan fingerprint density at radius 1 is 1.32 bits per heavy atom. The first-order valence-electron chi connectivity index (χ1n) is 6.56. The van der Waals surface area contributed by atoms with E-state index in [1.807, 2.05) is 13.8 Å². The number of carbonyl (C=O) groups is 1. The second-order valence-corrected chi connectivity index (χ2v) is 5.62. The summed E-state index contributed by atoms with van der Waals surface area (Å²) in [6.07, 6.45) is 0. The Balaban J connectivity index is 2.14. The minimum Gasteiger partial charge on any atom is -0.494 e. The predicted octanol–water partition coefficient (Wildman–Crippen LogP) is 3.44. The molecular weight excluding hydrogens is 329 g/mol. The van der Waals surface area contributed by atoms with E-state index in [4.69, 9.17) is 32.4 Å². The van der Waals surface area contributed by atoms with Gasteiger partial charge < -0.3 is 14.5 Å². The molecule has 22 heavy (non-hydrogen) atoms. The summed E-state index contributed by atoms with van der Waals surface area (Å²) < 4.78 is 10.6. The van der Waals surface area contributed by atoms with Gasteiger partial charge in [0.15, 0.2) is 5.75 Å². The van der Waals surface area contributed by atoms with Crippen LogP contribution in [0.1, 0.15) is 41.9 Å². The molecule has 0 aliphatic heterocycles. The average Bonchev–Trinajstić information content (AvgIpc) is 2.96. The molecule has 2 rings (SSSR count). The first-order valence-corrected chi connectivity index (χ1v) is 7.32. The molecule has 0 radical (unpaired) electrons. The monoisotopic (exact) mass is 343 g/mol. The molecule has 1 N–H and O–H groups in total. The molecule has 1 amide bonds. The van der Waals surface area contributed by atoms with Crippen molar-refractivity contribution in [2.75, 3.05) is 7.11 Å². The molecule has 2 aromatic rings. The van der Waals surface area contributed by atoms with Crippen LogP contribution in [0.3, 0.4) is 0 Å². The van der Waals surface area contributed by atoms with Gasteiger partial charge in [0.1, 0.15) is 5.56 Å². The van der Waals surface area contributed by atoms with Crippen molar-refractivity contribution >= 4 is 29.1 Å². The number of ether oxygens (including phenoxy) is 1. The van der Waals surface area contributed by atoms with E-state index in [0.717, 1.165) is 0 Å². The zero-order chi connectivity index (χ0) is 16.3. The van der Waals surface area contributed by atoms with Crippen molar-refractivity contribution in [1.82, 2.24) is 15.5 Å². The largest absolute Gasteiger partial charge is 0.494 e. The molecule has 1 aromatic carbocycles. The highest BCUT2D eigenvalue weighted by Gasteiger charge is 2.20. The van der Waals surface area contributed by atoms with Gasteiger partial charge in [0.25, 0.3) is 5.91 Å². The fourth-order valence-electron chi connectivity index (χ4n) is 1.76. The van der Waals surface area contributed by atoms with Crippen molar-refractivity contribution in [3.05, 3.63) is 39.5 Å². The van der Waals surface area contributed by atoms with Gasteiger partial charge in [-0.1, -0.05) is 37.0 Å². The highest BCUT2D eigenvalue weighted by atomic mass is 35.5. The molecular formula is C14H15Cl2N3O3. The van der Waals surface area contributed by atoms with Crippen molar-refractivity contribution < 1.29 is 13.9 Å². The maximum absolute atomic E-state index is 12.3. The van der Waals surface area contributed by atoms with Crippen molar-refractivity contribution in [1.29, 1.82) is 0 Å². The van der Waals surface area contributed by atoms with Crippen LogP contribution < -0.4 is 10.1 Å². The van der Waals surface area contributed by atoms with Gasteiger partial charge in [-0.05, 0) is 12.1 Å². The Morgan fingerprint density at radius 3 is 2.59 bits per heavy atom. The first kappa shape index (κ1) is 16.6. The van der Waals surface area contributed by atoms with Crippen LogP contribution in [-0.4, -0.2) is 23.2 Å². The summed E-state index contributed by atoms with van der Waals surface area (Å²) >= 11 is 12.0. The van der Waals surface area contributed by atoms with E-state index >= 15 is 0 Å². The second-order valence-electron chi connectivity index (χ2n) is 4.81. The van der Waals surface area contributed by atoms with Crippen LogP contribution in [0.4, 0.5) is 0 Å². The summed E-state index contributed by atoms with van der Waals surface area (Å²) in [4.78, 5) is 12.3. The number of hydrogen-bond acceptors (Lipinski definition) is 5. The van der Waals surface area contributed by atoms with Gasteiger partial charge in [0.05, 0.1) is 23.7 Å². The van der Waals surface area contributed by atoms with Gasteiger partial charge in [0.2, 0.25) is 11.8 Å².